The van der Waals surface area contributed by atoms with Gasteiger partial charge in [0, 0.05) is 26.3 Å². The number of nitrogens with zero attached hydrogens (tertiary/aromatic N) is 1. The van der Waals surface area contributed by atoms with Crippen LogP contribution in [0, 0.1) is 3.57 Å². The second-order valence-corrected chi connectivity index (χ2v) is 5.59. The zero-order chi connectivity index (χ0) is 14.3. The van der Waals surface area contributed by atoms with Crippen molar-refractivity contribution in [2.75, 3.05) is 20.3 Å². The fourth-order valence-electron chi connectivity index (χ4n) is 1.62. The van der Waals surface area contributed by atoms with Gasteiger partial charge in [0.2, 0.25) is 0 Å². The van der Waals surface area contributed by atoms with Crippen LogP contribution in [0.3, 0.4) is 0 Å². The molecule has 1 rings (SSSR count). The monoisotopic (exact) mass is 377 g/mol. The van der Waals surface area contributed by atoms with E-state index in [9.17, 15) is 4.79 Å². The molecule has 0 saturated carbocycles. The molecule has 0 aromatic heterocycles. The average molecular weight is 377 g/mol. The van der Waals surface area contributed by atoms with Gasteiger partial charge in [-0.3, -0.25) is 0 Å². The third-order valence-electron chi connectivity index (χ3n) is 2.64. The molecule has 1 aromatic carbocycles. The molecule has 0 aliphatic carbocycles. The van der Waals surface area contributed by atoms with Crippen LogP contribution in [0.2, 0.25) is 0 Å². The maximum Gasteiger partial charge on any atom is 0.415 e. The lowest BCUT2D eigenvalue weighted by Gasteiger charge is -2.25. The maximum absolute atomic E-state index is 12.2. The Balaban J connectivity index is 2.64. The number of amides is 1. The summed E-state index contributed by atoms with van der Waals surface area (Å²) in [5, 5.41) is 0. The molecule has 19 heavy (non-hydrogen) atoms. The molecule has 0 N–H and O–H groups in total. The fourth-order valence-corrected chi connectivity index (χ4v) is 2.12. The predicted molar refractivity (Wildman–Crippen MR) is 83.5 cm³/mol. The summed E-state index contributed by atoms with van der Waals surface area (Å²) in [6, 6.07) is 7.58. The molecule has 0 spiro atoms. The molecule has 0 bridgehead atoms. The molecule has 5 heteroatoms. The lowest BCUT2D eigenvalue weighted by Crippen LogP contribution is -2.40. The van der Waals surface area contributed by atoms with Gasteiger partial charge in [0.05, 0.1) is 3.57 Å². The van der Waals surface area contributed by atoms with E-state index >= 15 is 0 Å². The first-order chi connectivity index (χ1) is 9.06. The van der Waals surface area contributed by atoms with Gasteiger partial charge < -0.3 is 14.4 Å². The number of hydrogen-bond acceptors (Lipinski definition) is 3. The van der Waals surface area contributed by atoms with E-state index < -0.39 is 0 Å². The Morgan fingerprint density at radius 2 is 2.05 bits per heavy atom. The van der Waals surface area contributed by atoms with Crippen molar-refractivity contribution in [1.82, 2.24) is 4.90 Å². The topological polar surface area (TPSA) is 38.8 Å². The van der Waals surface area contributed by atoms with Crippen molar-refractivity contribution < 1.29 is 14.3 Å². The Kier molecular flexibility index (Phi) is 7.15. The molecule has 0 aliphatic heterocycles. The number of rotatable bonds is 6. The fraction of sp³-hybridized carbons (Fsp3) is 0.500. The number of benzene rings is 1. The number of ether oxygens (including phenoxy) is 2. The van der Waals surface area contributed by atoms with Crippen LogP contribution in [-0.4, -0.2) is 37.3 Å². The zero-order valence-electron chi connectivity index (χ0n) is 11.6. The van der Waals surface area contributed by atoms with E-state index in [1.54, 1.807) is 18.1 Å². The summed E-state index contributed by atoms with van der Waals surface area (Å²) in [5.74, 6) is 0.602. The molecule has 0 heterocycles. The van der Waals surface area contributed by atoms with E-state index in [1.165, 1.54) is 0 Å². The smallest absolute Gasteiger partial charge is 0.409 e. The second kappa shape index (κ2) is 8.37. The highest BCUT2D eigenvalue weighted by Crippen LogP contribution is 2.20. The van der Waals surface area contributed by atoms with Crippen LogP contribution in [0.1, 0.15) is 20.3 Å². The number of carbonyl (C=O) groups is 1. The van der Waals surface area contributed by atoms with Crippen LogP contribution in [0.5, 0.6) is 5.75 Å². The normalized spacial score (nSPS) is 10.6. The third kappa shape index (κ3) is 5.36. The van der Waals surface area contributed by atoms with Crippen molar-refractivity contribution in [3.05, 3.63) is 27.8 Å². The quantitative estimate of drug-likeness (QED) is 0.562. The molecule has 106 valence electrons. The molecule has 0 saturated heterocycles. The highest BCUT2D eigenvalue weighted by molar-refractivity contribution is 14.1. The molecular weight excluding hydrogens is 357 g/mol. The van der Waals surface area contributed by atoms with Gasteiger partial charge in [-0.2, -0.15) is 0 Å². The standard InChI is InChI=1S/C14H20INO3/c1-11(2)16(9-6-10-18-3)14(17)19-13-8-5-4-7-12(13)15/h4-5,7-8,11H,6,9-10H2,1-3H3. The molecule has 0 fully saturated rings. The lowest BCUT2D eigenvalue weighted by atomic mass is 10.3. The summed E-state index contributed by atoms with van der Waals surface area (Å²) in [4.78, 5) is 13.9. The van der Waals surface area contributed by atoms with Gasteiger partial charge in [0.1, 0.15) is 5.75 Å². The molecule has 0 atom stereocenters. The van der Waals surface area contributed by atoms with Crippen molar-refractivity contribution in [2.45, 2.75) is 26.3 Å². The minimum Gasteiger partial charge on any atom is -0.409 e. The summed E-state index contributed by atoms with van der Waals surface area (Å²) in [6.45, 7) is 5.22. The summed E-state index contributed by atoms with van der Waals surface area (Å²) < 4.78 is 11.4. The van der Waals surface area contributed by atoms with Gasteiger partial charge in [-0.25, -0.2) is 4.79 Å². The Bertz CT molecular complexity index is 409. The Hall–Kier alpha value is -0.820. The third-order valence-corrected chi connectivity index (χ3v) is 3.53. The first-order valence-electron chi connectivity index (χ1n) is 6.28. The first-order valence-corrected chi connectivity index (χ1v) is 7.36. The molecule has 1 aromatic rings. The van der Waals surface area contributed by atoms with E-state index in [0.29, 0.717) is 18.9 Å². The van der Waals surface area contributed by atoms with Crippen LogP contribution in [0.25, 0.3) is 0 Å². The molecule has 0 radical (unpaired) electrons. The average Bonchev–Trinajstić information content (AvgIpc) is 2.37. The van der Waals surface area contributed by atoms with Crippen molar-refractivity contribution in [1.29, 1.82) is 0 Å². The lowest BCUT2D eigenvalue weighted by molar-refractivity contribution is 0.126. The van der Waals surface area contributed by atoms with Crippen molar-refractivity contribution in [3.8, 4) is 5.75 Å². The number of para-hydroxylation sites is 1. The van der Waals surface area contributed by atoms with Crippen LogP contribution in [-0.2, 0) is 4.74 Å². The predicted octanol–water partition coefficient (Wildman–Crippen LogP) is 3.54. The summed E-state index contributed by atoms with van der Waals surface area (Å²) in [6.07, 6.45) is 0.491. The van der Waals surface area contributed by atoms with E-state index in [-0.39, 0.29) is 12.1 Å². The highest BCUT2D eigenvalue weighted by Gasteiger charge is 2.19. The van der Waals surface area contributed by atoms with Crippen LogP contribution >= 0.6 is 22.6 Å². The van der Waals surface area contributed by atoms with E-state index in [1.807, 2.05) is 32.0 Å². The minimum atomic E-state index is -0.310. The highest BCUT2D eigenvalue weighted by atomic mass is 127. The Morgan fingerprint density at radius 3 is 2.63 bits per heavy atom. The van der Waals surface area contributed by atoms with E-state index in [0.717, 1.165) is 9.99 Å². The van der Waals surface area contributed by atoms with Crippen molar-refractivity contribution in [2.24, 2.45) is 0 Å². The number of halogens is 1. The van der Waals surface area contributed by atoms with Gasteiger partial charge in [0.25, 0.3) is 0 Å². The van der Waals surface area contributed by atoms with Gasteiger partial charge in [-0.1, -0.05) is 12.1 Å². The first kappa shape index (κ1) is 16.2. The Labute approximate surface area is 128 Å². The minimum absolute atomic E-state index is 0.103. The van der Waals surface area contributed by atoms with Gasteiger partial charge in [-0.15, -0.1) is 0 Å². The van der Waals surface area contributed by atoms with Crippen LogP contribution in [0.4, 0.5) is 4.79 Å². The van der Waals surface area contributed by atoms with Gasteiger partial charge >= 0.3 is 6.09 Å². The molecule has 1 amide bonds. The van der Waals surface area contributed by atoms with Crippen LogP contribution < -0.4 is 4.74 Å². The molecule has 0 unspecified atom stereocenters. The number of carbonyl (C=O) groups excluding carboxylic acids is 1. The summed E-state index contributed by atoms with van der Waals surface area (Å²) in [7, 11) is 1.66. The van der Waals surface area contributed by atoms with Gasteiger partial charge in [0.15, 0.2) is 0 Å². The van der Waals surface area contributed by atoms with Crippen molar-refractivity contribution >= 4 is 28.7 Å². The maximum atomic E-state index is 12.2. The molecule has 4 nitrogen and oxygen atoms in total. The van der Waals surface area contributed by atoms with Crippen LogP contribution in [0.15, 0.2) is 24.3 Å². The number of methoxy groups -OCH3 is 1. The van der Waals surface area contributed by atoms with E-state index in [2.05, 4.69) is 22.6 Å². The van der Waals surface area contributed by atoms with Gasteiger partial charge in [-0.05, 0) is 55.0 Å². The second-order valence-electron chi connectivity index (χ2n) is 4.43. The number of hydrogen-bond donors (Lipinski definition) is 0. The zero-order valence-corrected chi connectivity index (χ0v) is 13.7. The van der Waals surface area contributed by atoms with E-state index in [4.69, 9.17) is 9.47 Å². The SMILES string of the molecule is COCCCN(C(=O)Oc1ccccc1I)C(C)C. The van der Waals surface area contributed by atoms with Crippen molar-refractivity contribution in [3.63, 3.8) is 0 Å². The summed E-state index contributed by atoms with van der Waals surface area (Å²) >= 11 is 2.15. The molecular formula is C14H20INO3. The summed E-state index contributed by atoms with van der Waals surface area (Å²) in [5.41, 5.74) is 0. The molecule has 0 aliphatic rings. The Morgan fingerprint density at radius 1 is 1.37 bits per heavy atom. The largest absolute Gasteiger partial charge is 0.415 e.